The third kappa shape index (κ3) is 6.23. The van der Waals surface area contributed by atoms with E-state index in [1.807, 2.05) is 23.9 Å². The van der Waals surface area contributed by atoms with Crippen LogP contribution in [0.15, 0.2) is 24.3 Å². The Kier molecular flexibility index (Phi) is 7.33. The molecule has 1 rings (SSSR count). The molecule has 0 unspecified atom stereocenters. The van der Waals surface area contributed by atoms with Gasteiger partial charge in [-0.25, -0.2) is 0 Å². The number of thioether (sulfide) groups is 1. The largest absolute Gasteiger partial charge is 0.494 e. The Morgan fingerprint density at radius 3 is 2.65 bits per heavy atom. The molecule has 3 heteroatoms. The number of nitrogens with zero attached hydrogens (tertiary/aromatic N) is 1. The van der Waals surface area contributed by atoms with Crippen LogP contribution in [0, 0.1) is 11.3 Å². The van der Waals surface area contributed by atoms with Crippen molar-refractivity contribution < 1.29 is 4.74 Å². The summed E-state index contributed by atoms with van der Waals surface area (Å²) in [6.45, 7) is 2.90. The fourth-order valence-corrected chi connectivity index (χ4v) is 2.15. The Morgan fingerprint density at radius 1 is 1.24 bits per heavy atom. The van der Waals surface area contributed by atoms with Crippen LogP contribution in [0.25, 0.3) is 0 Å². The van der Waals surface area contributed by atoms with Gasteiger partial charge in [0.25, 0.3) is 0 Å². The van der Waals surface area contributed by atoms with Crippen LogP contribution < -0.4 is 4.74 Å². The molecular weight excluding hydrogens is 230 g/mol. The van der Waals surface area contributed by atoms with Crippen molar-refractivity contribution in [2.75, 3.05) is 18.1 Å². The van der Waals surface area contributed by atoms with Gasteiger partial charge in [-0.05, 0) is 36.3 Å². The van der Waals surface area contributed by atoms with Gasteiger partial charge in [0.1, 0.15) is 5.75 Å². The van der Waals surface area contributed by atoms with E-state index in [4.69, 9.17) is 10.00 Å². The minimum atomic E-state index is 0.643. The highest BCUT2D eigenvalue weighted by Crippen LogP contribution is 2.13. The summed E-state index contributed by atoms with van der Waals surface area (Å²) in [7, 11) is 0. The number of aryl methyl sites for hydroxylation is 1. The Bertz CT molecular complexity index is 342. The zero-order valence-corrected chi connectivity index (χ0v) is 11.1. The Balaban J connectivity index is 2.08. The highest BCUT2D eigenvalue weighted by molar-refractivity contribution is 7.99. The molecule has 0 N–H and O–H groups in total. The molecule has 0 fully saturated rings. The summed E-state index contributed by atoms with van der Waals surface area (Å²) in [4.78, 5) is 0. The lowest BCUT2D eigenvalue weighted by Crippen LogP contribution is -1.99. The van der Waals surface area contributed by atoms with Gasteiger partial charge in [-0.2, -0.15) is 17.0 Å². The van der Waals surface area contributed by atoms with Crippen molar-refractivity contribution in [1.82, 2.24) is 0 Å². The third-order valence-electron chi connectivity index (χ3n) is 2.39. The average Bonchev–Trinajstić information content (AvgIpc) is 2.38. The summed E-state index contributed by atoms with van der Waals surface area (Å²) in [5, 5.41) is 8.37. The predicted octanol–water partition coefficient (Wildman–Crippen LogP) is 3.66. The molecule has 0 aliphatic carbocycles. The van der Waals surface area contributed by atoms with Crippen molar-refractivity contribution in [3.8, 4) is 11.8 Å². The Labute approximate surface area is 108 Å². The second-order valence-electron chi connectivity index (χ2n) is 3.72. The molecule has 1 aromatic carbocycles. The first kappa shape index (κ1) is 13.9. The highest BCUT2D eigenvalue weighted by atomic mass is 32.2. The van der Waals surface area contributed by atoms with E-state index in [9.17, 15) is 0 Å². The fourth-order valence-electron chi connectivity index (χ4n) is 1.39. The summed E-state index contributed by atoms with van der Waals surface area (Å²) >= 11 is 1.82. The maximum Gasteiger partial charge on any atom is 0.119 e. The molecule has 17 heavy (non-hydrogen) atoms. The summed E-state index contributed by atoms with van der Waals surface area (Å²) in [5.41, 5.74) is 1.34. The van der Waals surface area contributed by atoms with Gasteiger partial charge in [0.15, 0.2) is 0 Å². The van der Waals surface area contributed by atoms with E-state index in [-0.39, 0.29) is 0 Å². The lowest BCUT2D eigenvalue weighted by molar-refractivity contribution is 0.318. The molecule has 0 amide bonds. The average molecular weight is 249 g/mol. The SMILES string of the molecule is CCc1ccc(OCCCSCCC#N)cc1. The first-order chi connectivity index (χ1) is 8.36. The molecule has 1 aromatic rings. The van der Waals surface area contributed by atoms with Gasteiger partial charge in [-0.1, -0.05) is 19.1 Å². The van der Waals surface area contributed by atoms with E-state index >= 15 is 0 Å². The van der Waals surface area contributed by atoms with Crippen LogP contribution in [-0.4, -0.2) is 18.1 Å². The summed E-state index contributed by atoms with van der Waals surface area (Å²) in [6.07, 6.45) is 2.74. The Hall–Kier alpha value is -1.14. The normalized spacial score (nSPS) is 9.88. The molecule has 0 saturated carbocycles. The van der Waals surface area contributed by atoms with Gasteiger partial charge < -0.3 is 4.74 Å². The van der Waals surface area contributed by atoms with Crippen molar-refractivity contribution in [3.63, 3.8) is 0 Å². The van der Waals surface area contributed by atoms with Crippen LogP contribution in [0.5, 0.6) is 5.75 Å². The maximum absolute atomic E-state index is 8.37. The van der Waals surface area contributed by atoms with Gasteiger partial charge >= 0.3 is 0 Å². The number of rotatable bonds is 8. The van der Waals surface area contributed by atoms with E-state index in [2.05, 4.69) is 25.1 Å². The van der Waals surface area contributed by atoms with Crippen molar-refractivity contribution >= 4 is 11.8 Å². The predicted molar refractivity (Wildman–Crippen MR) is 73.5 cm³/mol. The molecule has 2 nitrogen and oxygen atoms in total. The minimum Gasteiger partial charge on any atom is -0.494 e. The van der Waals surface area contributed by atoms with Crippen molar-refractivity contribution in [1.29, 1.82) is 5.26 Å². The van der Waals surface area contributed by atoms with E-state index in [0.717, 1.165) is 36.7 Å². The van der Waals surface area contributed by atoms with E-state index in [1.165, 1.54) is 5.56 Å². The topological polar surface area (TPSA) is 33.0 Å². The molecule has 0 aromatic heterocycles. The van der Waals surface area contributed by atoms with Crippen LogP contribution in [-0.2, 0) is 6.42 Å². The molecule has 0 radical (unpaired) electrons. The maximum atomic E-state index is 8.37. The number of hydrogen-bond acceptors (Lipinski definition) is 3. The van der Waals surface area contributed by atoms with Gasteiger partial charge in [0.05, 0.1) is 12.7 Å². The first-order valence-corrected chi connectivity index (χ1v) is 7.18. The number of ether oxygens (including phenoxy) is 1. The van der Waals surface area contributed by atoms with Crippen molar-refractivity contribution in [2.45, 2.75) is 26.2 Å². The number of hydrogen-bond donors (Lipinski definition) is 0. The molecule has 0 heterocycles. The van der Waals surface area contributed by atoms with E-state index < -0.39 is 0 Å². The van der Waals surface area contributed by atoms with E-state index in [1.54, 1.807) is 0 Å². The van der Waals surface area contributed by atoms with Crippen LogP contribution in [0.2, 0.25) is 0 Å². The second kappa shape index (κ2) is 8.95. The molecular formula is C14H19NOS. The molecule has 0 aliphatic heterocycles. The van der Waals surface area contributed by atoms with Gasteiger partial charge in [0, 0.05) is 12.2 Å². The molecule has 0 spiro atoms. The molecule has 0 saturated heterocycles. The smallest absolute Gasteiger partial charge is 0.119 e. The van der Waals surface area contributed by atoms with Gasteiger partial charge in [-0.15, -0.1) is 0 Å². The Morgan fingerprint density at radius 2 is 2.00 bits per heavy atom. The molecule has 0 bridgehead atoms. The number of nitriles is 1. The van der Waals surface area contributed by atoms with Crippen molar-refractivity contribution in [3.05, 3.63) is 29.8 Å². The van der Waals surface area contributed by atoms with Crippen LogP contribution >= 0.6 is 11.8 Å². The number of benzene rings is 1. The second-order valence-corrected chi connectivity index (χ2v) is 4.94. The van der Waals surface area contributed by atoms with Gasteiger partial charge in [-0.3, -0.25) is 0 Å². The van der Waals surface area contributed by atoms with Crippen LogP contribution in [0.4, 0.5) is 0 Å². The summed E-state index contributed by atoms with van der Waals surface area (Å²) in [5.74, 6) is 2.94. The van der Waals surface area contributed by atoms with Crippen LogP contribution in [0.3, 0.4) is 0 Å². The molecule has 0 atom stereocenters. The van der Waals surface area contributed by atoms with Crippen LogP contribution in [0.1, 0.15) is 25.3 Å². The zero-order chi connectivity index (χ0) is 12.3. The highest BCUT2D eigenvalue weighted by Gasteiger charge is 1.95. The monoisotopic (exact) mass is 249 g/mol. The standard InChI is InChI=1S/C14H19NOS/c1-2-13-5-7-14(8-6-13)16-10-4-12-17-11-3-9-15/h5-8H,2-4,10-12H2,1H3. The lowest BCUT2D eigenvalue weighted by atomic mass is 10.2. The molecule has 92 valence electrons. The fraction of sp³-hybridized carbons (Fsp3) is 0.500. The quantitative estimate of drug-likeness (QED) is 0.659. The minimum absolute atomic E-state index is 0.643. The van der Waals surface area contributed by atoms with Crippen molar-refractivity contribution in [2.24, 2.45) is 0 Å². The van der Waals surface area contributed by atoms with E-state index in [0.29, 0.717) is 6.42 Å². The van der Waals surface area contributed by atoms with Gasteiger partial charge in [0.2, 0.25) is 0 Å². The third-order valence-corrected chi connectivity index (χ3v) is 3.46. The summed E-state index contributed by atoms with van der Waals surface area (Å²) in [6, 6.07) is 10.4. The first-order valence-electron chi connectivity index (χ1n) is 6.03. The zero-order valence-electron chi connectivity index (χ0n) is 10.3. The molecule has 0 aliphatic rings. The lowest BCUT2D eigenvalue weighted by Gasteiger charge is -2.06. The summed E-state index contributed by atoms with van der Waals surface area (Å²) < 4.78 is 5.63.